The Hall–Kier alpha value is -1.79. The third kappa shape index (κ3) is 2.50. The topological polar surface area (TPSA) is 160 Å². The van der Waals surface area contributed by atoms with E-state index in [-0.39, 0.29) is 23.5 Å². The third-order valence-electron chi connectivity index (χ3n) is 5.25. The Morgan fingerprint density at radius 1 is 1.54 bits per heavy atom. The lowest BCUT2D eigenvalue weighted by Crippen LogP contribution is -2.60. The monoisotopic (exact) mass is 383 g/mol. The highest BCUT2D eigenvalue weighted by atomic mass is 28.2. The normalized spacial score (nSPS) is 32.2. The number of hydrogen-bond donors (Lipinski definition) is 5. The number of nitrogen functional groups attached to an aromatic ring is 1. The zero-order valence-corrected chi connectivity index (χ0v) is 16.3. The molecule has 0 bridgehead atoms. The first-order chi connectivity index (χ1) is 12.3. The molecule has 0 saturated carbocycles. The Balaban J connectivity index is 2.25. The highest BCUT2D eigenvalue weighted by Crippen LogP contribution is 2.46. The SMILES string of the molecule is CCCC[C@@]1(O)[C@H](O)[C@@H](CO)O[C@@]1([SiH2]C)n1cnc2c(=O)[nH]c(N)nc21. The molecule has 1 aliphatic rings. The molecule has 0 amide bonds. The number of anilines is 1. The Morgan fingerprint density at radius 2 is 2.27 bits per heavy atom. The van der Waals surface area contributed by atoms with Crippen LogP contribution in [0.2, 0.25) is 6.55 Å². The minimum Gasteiger partial charge on any atom is -0.394 e. The van der Waals surface area contributed by atoms with Crippen molar-refractivity contribution in [1.82, 2.24) is 19.5 Å². The predicted molar refractivity (Wildman–Crippen MR) is 97.4 cm³/mol. The molecule has 11 heteroatoms. The number of aromatic amines is 1. The Labute approximate surface area is 151 Å². The standard InChI is InChI=1S/C15H25N5O5Si/c1-3-4-5-14(24)10(22)8(6-21)25-15(14,26-2)20-7-17-9-11(20)18-13(16)19-12(9)23/h7-8,10,21-22,24H,3-6,26H2,1-2H3,(H3,16,18,19,23)/t8-,10-,14-,15+/m1/s1. The van der Waals surface area contributed by atoms with Gasteiger partial charge >= 0.3 is 0 Å². The molecule has 0 radical (unpaired) electrons. The summed E-state index contributed by atoms with van der Waals surface area (Å²) >= 11 is 0. The van der Waals surface area contributed by atoms with Crippen LogP contribution in [0.5, 0.6) is 0 Å². The minimum atomic E-state index is -1.63. The van der Waals surface area contributed by atoms with Gasteiger partial charge in [-0.15, -0.1) is 0 Å². The number of unbranched alkanes of at least 4 members (excludes halogenated alkanes) is 1. The molecule has 1 fully saturated rings. The number of nitrogens with one attached hydrogen (secondary N) is 1. The van der Waals surface area contributed by atoms with Gasteiger partial charge in [-0.25, -0.2) is 4.98 Å². The molecule has 10 nitrogen and oxygen atoms in total. The Bertz CT molecular complexity index is 857. The second-order valence-corrected chi connectivity index (χ2v) is 8.35. The molecule has 144 valence electrons. The van der Waals surface area contributed by atoms with Crippen LogP contribution in [0.3, 0.4) is 0 Å². The summed E-state index contributed by atoms with van der Waals surface area (Å²) in [5.41, 5.74) is 3.80. The first-order valence-corrected chi connectivity index (χ1v) is 10.9. The fourth-order valence-corrected chi connectivity index (χ4v) is 5.85. The van der Waals surface area contributed by atoms with Crippen molar-refractivity contribution >= 4 is 26.6 Å². The lowest BCUT2D eigenvalue weighted by molar-refractivity contribution is -0.145. The largest absolute Gasteiger partial charge is 0.394 e. The van der Waals surface area contributed by atoms with Crippen molar-refractivity contribution in [3.8, 4) is 0 Å². The number of aliphatic hydroxyl groups excluding tert-OH is 2. The van der Waals surface area contributed by atoms with Crippen molar-refractivity contribution in [2.24, 2.45) is 0 Å². The van der Waals surface area contributed by atoms with E-state index in [0.29, 0.717) is 6.42 Å². The van der Waals surface area contributed by atoms with Gasteiger partial charge in [0.15, 0.2) is 16.5 Å². The quantitative estimate of drug-likeness (QED) is 0.365. The summed E-state index contributed by atoms with van der Waals surface area (Å²) in [6.07, 6.45) is 0.917. The molecular formula is C15H25N5O5Si. The van der Waals surface area contributed by atoms with Gasteiger partial charge in [-0.3, -0.25) is 14.3 Å². The lowest BCUT2D eigenvalue weighted by atomic mass is 9.88. The highest BCUT2D eigenvalue weighted by Gasteiger charge is 2.64. The Morgan fingerprint density at radius 3 is 2.88 bits per heavy atom. The molecule has 26 heavy (non-hydrogen) atoms. The van der Waals surface area contributed by atoms with Crippen molar-refractivity contribution in [3.63, 3.8) is 0 Å². The maximum Gasteiger partial charge on any atom is 0.280 e. The van der Waals surface area contributed by atoms with Gasteiger partial charge in [0.1, 0.15) is 17.8 Å². The number of imidazole rings is 1. The average molecular weight is 383 g/mol. The maximum absolute atomic E-state index is 12.1. The lowest BCUT2D eigenvalue weighted by Gasteiger charge is -2.42. The van der Waals surface area contributed by atoms with E-state index in [1.807, 2.05) is 13.5 Å². The molecule has 2 aromatic heterocycles. The van der Waals surface area contributed by atoms with Gasteiger partial charge in [-0.2, -0.15) is 4.98 Å². The van der Waals surface area contributed by atoms with Gasteiger partial charge in [0.25, 0.3) is 5.56 Å². The van der Waals surface area contributed by atoms with Gasteiger partial charge in [0.2, 0.25) is 5.95 Å². The molecule has 0 spiro atoms. The fourth-order valence-electron chi connectivity index (χ4n) is 3.90. The van der Waals surface area contributed by atoms with E-state index in [4.69, 9.17) is 10.5 Å². The summed E-state index contributed by atoms with van der Waals surface area (Å²) in [5.74, 6) is -0.0773. The summed E-state index contributed by atoms with van der Waals surface area (Å²) in [6, 6.07) is 0. The van der Waals surface area contributed by atoms with E-state index in [9.17, 15) is 20.1 Å². The number of aromatic nitrogens is 4. The highest BCUT2D eigenvalue weighted by molar-refractivity contribution is 6.37. The summed E-state index contributed by atoms with van der Waals surface area (Å²) in [4.78, 5) is 22.8. The number of nitrogens with two attached hydrogens (primary N) is 1. The number of aliphatic hydroxyl groups is 3. The van der Waals surface area contributed by atoms with Crippen LogP contribution in [-0.2, 0) is 10.1 Å². The van der Waals surface area contributed by atoms with E-state index in [1.165, 1.54) is 10.9 Å². The van der Waals surface area contributed by atoms with Gasteiger partial charge in [0.05, 0.1) is 22.5 Å². The second-order valence-electron chi connectivity index (χ2n) is 6.69. The van der Waals surface area contributed by atoms with Crippen LogP contribution < -0.4 is 11.3 Å². The molecule has 1 aliphatic heterocycles. The molecule has 4 atom stereocenters. The van der Waals surface area contributed by atoms with Crippen LogP contribution in [0.1, 0.15) is 26.2 Å². The summed E-state index contributed by atoms with van der Waals surface area (Å²) < 4.78 is 7.55. The van der Waals surface area contributed by atoms with Crippen molar-refractivity contribution in [2.45, 2.75) is 55.9 Å². The van der Waals surface area contributed by atoms with Crippen molar-refractivity contribution < 1.29 is 20.1 Å². The van der Waals surface area contributed by atoms with E-state index < -0.39 is 44.8 Å². The van der Waals surface area contributed by atoms with E-state index in [0.717, 1.165) is 6.42 Å². The summed E-state index contributed by atoms with van der Waals surface area (Å²) in [6.45, 7) is 3.47. The number of hydrogen-bond acceptors (Lipinski definition) is 8. The van der Waals surface area contributed by atoms with Crippen molar-refractivity contribution in [1.29, 1.82) is 0 Å². The predicted octanol–water partition coefficient (Wildman–Crippen LogP) is -1.80. The van der Waals surface area contributed by atoms with Gasteiger partial charge < -0.3 is 25.8 Å². The molecule has 1 saturated heterocycles. The molecule has 0 aromatic carbocycles. The van der Waals surface area contributed by atoms with Crippen molar-refractivity contribution in [2.75, 3.05) is 12.3 Å². The zero-order chi connectivity index (χ0) is 19.1. The third-order valence-corrected chi connectivity index (χ3v) is 7.33. The smallest absolute Gasteiger partial charge is 0.280 e. The first kappa shape index (κ1) is 19.0. The van der Waals surface area contributed by atoms with Gasteiger partial charge in [0, 0.05) is 0 Å². The van der Waals surface area contributed by atoms with Crippen LogP contribution in [0.4, 0.5) is 5.95 Å². The number of rotatable bonds is 6. The number of fused-ring (bicyclic) bond motifs is 1. The molecule has 6 N–H and O–H groups in total. The van der Waals surface area contributed by atoms with Gasteiger partial charge in [-0.1, -0.05) is 26.3 Å². The zero-order valence-electron chi connectivity index (χ0n) is 14.8. The molecule has 2 aromatic rings. The number of ether oxygens (including phenoxy) is 1. The van der Waals surface area contributed by atoms with Crippen LogP contribution in [-0.4, -0.2) is 68.8 Å². The maximum atomic E-state index is 12.1. The van der Waals surface area contributed by atoms with Crippen LogP contribution >= 0.6 is 0 Å². The van der Waals surface area contributed by atoms with Crippen LogP contribution in [0, 0.1) is 0 Å². The Kier molecular flexibility index (Phi) is 4.92. The second kappa shape index (κ2) is 6.74. The summed E-state index contributed by atoms with van der Waals surface area (Å²) in [5, 5.41) is 30.6. The number of nitrogens with zero attached hydrogens (tertiary/aromatic N) is 3. The number of H-pyrrole nitrogens is 1. The van der Waals surface area contributed by atoms with E-state index >= 15 is 0 Å². The van der Waals surface area contributed by atoms with Crippen LogP contribution in [0.25, 0.3) is 11.2 Å². The molecule has 3 heterocycles. The molecule has 3 rings (SSSR count). The average Bonchev–Trinajstić information content (AvgIpc) is 3.13. The van der Waals surface area contributed by atoms with E-state index in [1.54, 1.807) is 0 Å². The van der Waals surface area contributed by atoms with Crippen molar-refractivity contribution in [3.05, 3.63) is 16.7 Å². The summed E-state index contributed by atoms with van der Waals surface area (Å²) in [7, 11) is -1.22. The first-order valence-electron chi connectivity index (χ1n) is 8.77. The fraction of sp³-hybridized carbons (Fsp3) is 0.667. The van der Waals surface area contributed by atoms with Gasteiger partial charge in [-0.05, 0) is 6.42 Å². The molecule has 0 unspecified atom stereocenters. The molecule has 0 aliphatic carbocycles. The van der Waals surface area contributed by atoms with Crippen LogP contribution in [0.15, 0.2) is 11.1 Å². The molecular weight excluding hydrogens is 358 g/mol. The van der Waals surface area contributed by atoms with E-state index in [2.05, 4.69) is 15.0 Å². The minimum absolute atomic E-state index is 0.0735.